The second kappa shape index (κ2) is 9.56. The van der Waals surface area contributed by atoms with Crippen molar-refractivity contribution in [2.75, 3.05) is 39.0 Å². The average Bonchev–Trinajstić information content (AvgIpc) is 2.49. The molecule has 0 bridgehead atoms. The minimum Gasteiger partial charge on any atom is -0.480 e. The van der Waals surface area contributed by atoms with Crippen molar-refractivity contribution in [2.24, 2.45) is 0 Å². The number of hydrogen-bond donors (Lipinski definition) is 1. The fourth-order valence-corrected chi connectivity index (χ4v) is 3.42. The van der Waals surface area contributed by atoms with E-state index in [9.17, 15) is 22.0 Å². The first-order valence-corrected chi connectivity index (χ1v) is 9.45. The van der Waals surface area contributed by atoms with Crippen LogP contribution < -0.4 is 0 Å². The van der Waals surface area contributed by atoms with Crippen LogP contribution in [0.25, 0.3) is 0 Å². The molecule has 1 aliphatic rings. The Bertz CT molecular complexity index is 735. The van der Waals surface area contributed by atoms with Gasteiger partial charge < -0.3 is 9.84 Å². The topological polar surface area (TPSA) is 87.2 Å². The van der Waals surface area contributed by atoms with Crippen molar-refractivity contribution in [3.05, 3.63) is 35.4 Å². The highest BCUT2D eigenvalue weighted by atomic mass is 35.5. The summed E-state index contributed by atoms with van der Waals surface area (Å²) in [6.07, 6.45) is 0.373. The molecular formula is C15H21ClF2N2O5S. The number of aliphatic carboxylic acids is 1. The number of carboxylic acid groups (broad SMARTS) is 1. The van der Waals surface area contributed by atoms with Crippen LogP contribution in [0, 0.1) is 11.6 Å². The van der Waals surface area contributed by atoms with E-state index >= 15 is 0 Å². The fourth-order valence-electron chi connectivity index (χ4n) is 2.64. The Labute approximate surface area is 157 Å². The molecule has 0 aliphatic carbocycles. The first kappa shape index (κ1) is 22.7. The van der Waals surface area contributed by atoms with Gasteiger partial charge in [-0.3, -0.25) is 9.69 Å². The third kappa shape index (κ3) is 6.76. The molecule has 1 saturated heterocycles. The van der Waals surface area contributed by atoms with Crippen LogP contribution in [-0.2, 0) is 26.1 Å². The molecule has 1 N–H and O–H groups in total. The molecule has 0 saturated carbocycles. The average molecular weight is 415 g/mol. The minimum absolute atomic E-state index is 0. The molecule has 11 heteroatoms. The summed E-state index contributed by atoms with van der Waals surface area (Å²) in [7, 11) is -3.70. The minimum atomic E-state index is -3.70. The molecule has 1 fully saturated rings. The number of carbonyl (C=O) groups is 1. The highest BCUT2D eigenvalue weighted by Crippen LogP contribution is 2.16. The van der Waals surface area contributed by atoms with E-state index < -0.39 is 40.3 Å². The van der Waals surface area contributed by atoms with E-state index in [0.717, 1.165) is 28.8 Å². The van der Waals surface area contributed by atoms with Crippen LogP contribution in [0.5, 0.6) is 0 Å². The summed E-state index contributed by atoms with van der Waals surface area (Å²) in [5.41, 5.74) is 0.200. The molecule has 1 atom stereocenters. The summed E-state index contributed by atoms with van der Waals surface area (Å²) in [6.45, 7) is 0.421. The number of benzene rings is 1. The summed E-state index contributed by atoms with van der Waals surface area (Å²) >= 11 is 0. The maximum atomic E-state index is 13.8. The van der Waals surface area contributed by atoms with Gasteiger partial charge in [-0.15, -0.1) is 12.4 Å². The standard InChI is InChI=1S/C15H20F2N2O5S.ClH/c1-25(22,23)19(10-15(20)21)9-13-8-18(4-5-24-13)7-11-6-12(16)2-3-14(11)17;/h2-3,6,13H,4-5,7-10H2,1H3,(H,20,21);1H. The third-order valence-corrected chi connectivity index (χ3v) is 5.03. The zero-order valence-electron chi connectivity index (χ0n) is 14.1. The van der Waals surface area contributed by atoms with Crippen LogP contribution in [0.4, 0.5) is 8.78 Å². The van der Waals surface area contributed by atoms with Gasteiger partial charge in [-0.05, 0) is 18.2 Å². The predicted molar refractivity (Wildman–Crippen MR) is 92.7 cm³/mol. The molecule has 0 spiro atoms. The number of hydrogen-bond acceptors (Lipinski definition) is 5. The largest absolute Gasteiger partial charge is 0.480 e. The van der Waals surface area contributed by atoms with Gasteiger partial charge in [-0.1, -0.05) is 0 Å². The van der Waals surface area contributed by atoms with Crippen molar-refractivity contribution >= 4 is 28.4 Å². The molecule has 0 amide bonds. The molecule has 1 aromatic carbocycles. The summed E-state index contributed by atoms with van der Waals surface area (Å²) in [6, 6.07) is 3.21. The number of sulfonamides is 1. The molecule has 7 nitrogen and oxygen atoms in total. The van der Waals surface area contributed by atoms with E-state index in [1.54, 1.807) is 0 Å². The zero-order valence-corrected chi connectivity index (χ0v) is 15.7. The van der Waals surface area contributed by atoms with Crippen LogP contribution in [0.1, 0.15) is 5.56 Å². The number of halogens is 3. The Morgan fingerprint density at radius 3 is 2.73 bits per heavy atom. The molecule has 1 unspecified atom stereocenters. The van der Waals surface area contributed by atoms with Crippen LogP contribution >= 0.6 is 12.4 Å². The fraction of sp³-hybridized carbons (Fsp3) is 0.533. The maximum Gasteiger partial charge on any atom is 0.318 e. The number of nitrogens with zero attached hydrogens (tertiary/aromatic N) is 2. The molecular weight excluding hydrogens is 394 g/mol. The maximum absolute atomic E-state index is 13.8. The Hall–Kier alpha value is -1.33. The van der Waals surface area contributed by atoms with Gasteiger partial charge >= 0.3 is 5.97 Å². The van der Waals surface area contributed by atoms with Gasteiger partial charge in [0.05, 0.1) is 19.0 Å². The van der Waals surface area contributed by atoms with E-state index in [-0.39, 0.29) is 44.2 Å². The van der Waals surface area contributed by atoms with E-state index in [0.29, 0.717) is 6.54 Å². The van der Waals surface area contributed by atoms with Crippen LogP contribution in [-0.4, -0.2) is 73.8 Å². The normalized spacial score (nSPS) is 18.5. The van der Waals surface area contributed by atoms with Crippen molar-refractivity contribution in [3.63, 3.8) is 0 Å². The van der Waals surface area contributed by atoms with Gasteiger partial charge in [0.2, 0.25) is 10.0 Å². The zero-order chi connectivity index (χ0) is 18.6. The van der Waals surface area contributed by atoms with Crippen molar-refractivity contribution in [1.82, 2.24) is 9.21 Å². The molecule has 1 aromatic rings. The molecule has 1 aliphatic heterocycles. The van der Waals surface area contributed by atoms with E-state index in [1.807, 2.05) is 4.90 Å². The van der Waals surface area contributed by atoms with Gasteiger partial charge in [-0.25, -0.2) is 17.2 Å². The van der Waals surface area contributed by atoms with Crippen LogP contribution in [0.15, 0.2) is 18.2 Å². The number of carboxylic acids is 1. The summed E-state index contributed by atoms with van der Waals surface area (Å²) < 4.78 is 56.7. The second-order valence-electron chi connectivity index (χ2n) is 5.91. The van der Waals surface area contributed by atoms with Gasteiger partial charge in [0.1, 0.15) is 18.2 Å². The smallest absolute Gasteiger partial charge is 0.318 e. The SMILES string of the molecule is CS(=O)(=O)N(CC(=O)O)CC1CN(Cc2cc(F)ccc2F)CCO1.Cl. The highest BCUT2D eigenvalue weighted by Gasteiger charge is 2.28. The predicted octanol–water partition coefficient (Wildman–Crippen LogP) is 0.934. The monoisotopic (exact) mass is 414 g/mol. The number of morpholine rings is 1. The lowest BCUT2D eigenvalue weighted by molar-refractivity contribution is -0.137. The molecule has 0 aromatic heterocycles. The van der Waals surface area contributed by atoms with E-state index in [1.165, 1.54) is 0 Å². The van der Waals surface area contributed by atoms with E-state index in [4.69, 9.17) is 9.84 Å². The summed E-state index contributed by atoms with van der Waals surface area (Å²) in [5, 5.41) is 8.85. The lowest BCUT2D eigenvalue weighted by Gasteiger charge is -2.34. The Balaban J connectivity index is 0.00000338. The van der Waals surface area contributed by atoms with Crippen LogP contribution in [0.2, 0.25) is 0 Å². The van der Waals surface area contributed by atoms with Crippen molar-refractivity contribution in [1.29, 1.82) is 0 Å². The molecule has 26 heavy (non-hydrogen) atoms. The van der Waals surface area contributed by atoms with E-state index in [2.05, 4.69) is 0 Å². The molecule has 1 heterocycles. The first-order chi connectivity index (χ1) is 11.6. The van der Waals surface area contributed by atoms with Gasteiger partial charge in [0.15, 0.2) is 0 Å². The first-order valence-electron chi connectivity index (χ1n) is 7.60. The van der Waals surface area contributed by atoms with Crippen LogP contribution in [0.3, 0.4) is 0 Å². The number of ether oxygens (including phenoxy) is 1. The van der Waals surface area contributed by atoms with Gasteiger partial charge in [0.25, 0.3) is 0 Å². The highest BCUT2D eigenvalue weighted by molar-refractivity contribution is 7.88. The molecule has 0 radical (unpaired) electrons. The lowest BCUT2D eigenvalue weighted by atomic mass is 10.1. The number of rotatable bonds is 7. The summed E-state index contributed by atoms with van der Waals surface area (Å²) in [4.78, 5) is 12.7. The summed E-state index contributed by atoms with van der Waals surface area (Å²) in [5.74, 6) is -2.32. The van der Waals surface area contributed by atoms with Gasteiger partial charge in [-0.2, -0.15) is 4.31 Å². The third-order valence-electron chi connectivity index (χ3n) is 3.81. The molecule has 148 valence electrons. The molecule has 2 rings (SSSR count). The van der Waals surface area contributed by atoms with Crippen molar-refractivity contribution in [2.45, 2.75) is 12.6 Å². The quantitative estimate of drug-likeness (QED) is 0.714. The Morgan fingerprint density at radius 2 is 2.12 bits per heavy atom. The second-order valence-corrected chi connectivity index (χ2v) is 7.90. The lowest BCUT2D eigenvalue weighted by Crippen LogP contribution is -2.49. The van der Waals surface area contributed by atoms with Crippen molar-refractivity contribution < 1.29 is 31.8 Å². The Kier molecular flexibility index (Phi) is 8.35. The van der Waals surface area contributed by atoms with Crippen molar-refractivity contribution in [3.8, 4) is 0 Å². The van der Waals surface area contributed by atoms with Gasteiger partial charge in [0, 0.05) is 31.7 Å². The Morgan fingerprint density at radius 1 is 1.42 bits per heavy atom.